The molecule has 20 heavy (non-hydrogen) atoms. The number of primary amides is 1. The van der Waals surface area contributed by atoms with Crippen LogP contribution < -0.4 is 16.4 Å². The van der Waals surface area contributed by atoms with Gasteiger partial charge in [-0.05, 0) is 45.0 Å². The van der Waals surface area contributed by atoms with E-state index in [4.69, 9.17) is 10.5 Å². The summed E-state index contributed by atoms with van der Waals surface area (Å²) in [6.45, 7) is 5.12. The lowest BCUT2D eigenvalue weighted by Crippen LogP contribution is -2.33. The Bertz CT molecular complexity index is 458. The Hall–Kier alpha value is -1.66. The number of nitrogens with one attached hydrogen (secondary N) is 2. The summed E-state index contributed by atoms with van der Waals surface area (Å²) in [5, 5.41) is 6.42. The molecule has 2 rings (SSSR count). The zero-order valence-corrected chi connectivity index (χ0v) is 11.8. The molecular weight excluding hydrogens is 256 g/mol. The maximum absolute atomic E-state index is 11.3. The fraction of sp³-hybridized carbons (Fsp3) is 0.571. The van der Waals surface area contributed by atoms with Crippen LogP contribution in [0.15, 0.2) is 12.1 Å². The number of nitrogens with zero attached hydrogens (tertiary/aromatic N) is 1. The van der Waals surface area contributed by atoms with E-state index in [9.17, 15) is 4.79 Å². The van der Waals surface area contributed by atoms with Crippen LogP contribution in [0.2, 0.25) is 0 Å². The molecule has 1 aliphatic heterocycles. The van der Waals surface area contributed by atoms with Crippen molar-refractivity contribution in [2.75, 3.05) is 31.6 Å². The van der Waals surface area contributed by atoms with Gasteiger partial charge in [-0.25, -0.2) is 4.98 Å². The summed E-state index contributed by atoms with van der Waals surface area (Å²) in [5.41, 5.74) is 6.59. The Kier molecular flexibility index (Phi) is 5.31. The van der Waals surface area contributed by atoms with Crippen molar-refractivity contribution in [1.82, 2.24) is 10.3 Å². The Morgan fingerprint density at radius 3 is 2.95 bits per heavy atom. The molecule has 1 aromatic rings. The van der Waals surface area contributed by atoms with Gasteiger partial charge in [-0.15, -0.1) is 0 Å². The van der Waals surface area contributed by atoms with Crippen molar-refractivity contribution in [2.45, 2.75) is 25.9 Å². The molecule has 110 valence electrons. The molecule has 6 nitrogen and oxygen atoms in total. The zero-order valence-electron chi connectivity index (χ0n) is 11.8. The van der Waals surface area contributed by atoms with Gasteiger partial charge in [0.1, 0.15) is 5.82 Å². The number of carbonyl (C=O) groups excluding carboxylic acids is 1. The van der Waals surface area contributed by atoms with Crippen molar-refractivity contribution in [3.8, 4) is 0 Å². The normalized spacial score (nSPS) is 16.1. The maximum Gasteiger partial charge on any atom is 0.252 e. The van der Waals surface area contributed by atoms with Crippen LogP contribution in [0.4, 0.5) is 5.82 Å². The summed E-state index contributed by atoms with van der Waals surface area (Å²) >= 11 is 0. The second kappa shape index (κ2) is 7.21. The number of rotatable bonds is 6. The molecule has 0 radical (unpaired) electrons. The first-order chi connectivity index (χ1) is 9.66. The Balaban J connectivity index is 1.81. The second-order valence-electron chi connectivity index (χ2n) is 4.96. The molecule has 0 saturated carbocycles. The fourth-order valence-corrected chi connectivity index (χ4v) is 2.25. The molecule has 1 fully saturated rings. The molecule has 0 aliphatic carbocycles. The van der Waals surface area contributed by atoms with Crippen LogP contribution in [0.3, 0.4) is 0 Å². The Morgan fingerprint density at radius 2 is 2.25 bits per heavy atom. The van der Waals surface area contributed by atoms with Crippen molar-refractivity contribution in [2.24, 2.45) is 5.73 Å². The van der Waals surface area contributed by atoms with Crippen LogP contribution in [-0.4, -0.2) is 43.2 Å². The van der Waals surface area contributed by atoms with E-state index in [1.54, 1.807) is 12.1 Å². The first-order valence-electron chi connectivity index (χ1n) is 7.00. The molecule has 0 aromatic carbocycles. The molecular formula is C14H22N4O2. The van der Waals surface area contributed by atoms with E-state index in [0.717, 1.165) is 31.6 Å². The summed E-state index contributed by atoms with van der Waals surface area (Å²) in [6.07, 6.45) is 2.43. The number of carbonyl (C=O) groups is 1. The predicted octanol–water partition coefficient (Wildman–Crippen LogP) is 0.669. The monoisotopic (exact) mass is 278 g/mol. The molecule has 6 heteroatoms. The summed E-state index contributed by atoms with van der Waals surface area (Å²) in [4.78, 5) is 15.6. The number of anilines is 1. The van der Waals surface area contributed by atoms with Gasteiger partial charge in [0, 0.05) is 12.2 Å². The number of amides is 1. The number of aromatic nitrogens is 1. The lowest BCUT2D eigenvalue weighted by molar-refractivity contribution is 0.0394. The minimum absolute atomic E-state index is 0.333. The van der Waals surface area contributed by atoms with Gasteiger partial charge >= 0.3 is 0 Å². The van der Waals surface area contributed by atoms with Gasteiger partial charge < -0.3 is 21.1 Å². The molecule has 0 bridgehead atoms. The molecule has 1 amide bonds. The number of ether oxygens (including phenoxy) is 1. The van der Waals surface area contributed by atoms with Gasteiger partial charge in [-0.2, -0.15) is 0 Å². The van der Waals surface area contributed by atoms with Gasteiger partial charge in [0.2, 0.25) is 0 Å². The first kappa shape index (κ1) is 14.7. The zero-order chi connectivity index (χ0) is 14.4. The summed E-state index contributed by atoms with van der Waals surface area (Å²) < 4.78 is 5.79. The second-order valence-corrected chi connectivity index (χ2v) is 4.96. The third kappa shape index (κ3) is 4.18. The molecule has 4 N–H and O–H groups in total. The number of aryl methyl sites for hydroxylation is 1. The lowest BCUT2D eigenvalue weighted by Gasteiger charge is -2.23. The molecule has 1 aliphatic rings. The van der Waals surface area contributed by atoms with E-state index in [0.29, 0.717) is 30.6 Å². The van der Waals surface area contributed by atoms with E-state index >= 15 is 0 Å². The summed E-state index contributed by atoms with van der Waals surface area (Å²) in [6, 6.07) is 3.47. The molecule has 0 unspecified atom stereocenters. The molecule has 2 heterocycles. The largest absolute Gasteiger partial charge is 0.376 e. The highest BCUT2D eigenvalue weighted by Crippen LogP contribution is 2.13. The van der Waals surface area contributed by atoms with Crippen molar-refractivity contribution >= 4 is 11.7 Å². The molecule has 0 atom stereocenters. The third-order valence-electron chi connectivity index (χ3n) is 3.33. The van der Waals surface area contributed by atoms with Crippen molar-refractivity contribution in [1.29, 1.82) is 0 Å². The van der Waals surface area contributed by atoms with Gasteiger partial charge in [0.05, 0.1) is 18.3 Å². The van der Waals surface area contributed by atoms with Crippen LogP contribution in [0.1, 0.15) is 28.9 Å². The van der Waals surface area contributed by atoms with E-state index in [2.05, 4.69) is 15.6 Å². The minimum Gasteiger partial charge on any atom is -0.376 e. The number of nitrogens with two attached hydrogens (primary N) is 1. The van der Waals surface area contributed by atoms with Gasteiger partial charge in [0.25, 0.3) is 5.91 Å². The quantitative estimate of drug-likeness (QED) is 0.666. The van der Waals surface area contributed by atoms with Gasteiger partial charge in [-0.1, -0.05) is 0 Å². The SMILES string of the molecule is Cc1ccc(C(N)=O)c(NCCOC2CCNCC2)n1. The highest BCUT2D eigenvalue weighted by atomic mass is 16.5. The van der Waals surface area contributed by atoms with E-state index in [1.807, 2.05) is 6.92 Å². The van der Waals surface area contributed by atoms with Crippen LogP contribution in [0, 0.1) is 6.92 Å². The van der Waals surface area contributed by atoms with Crippen LogP contribution in [0.5, 0.6) is 0 Å². The van der Waals surface area contributed by atoms with Crippen LogP contribution in [0.25, 0.3) is 0 Å². The van der Waals surface area contributed by atoms with Crippen LogP contribution in [-0.2, 0) is 4.74 Å². The van der Waals surface area contributed by atoms with Crippen LogP contribution >= 0.6 is 0 Å². The molecule has 0 spiro atoms. The topological polar surface area (TPSA) is 89.3 Å². The third-order valence-corrected chi connectivity index (χ3v) is 3.33. The summed E-state index contributed by atoms with van der Waals surface area (Å²) in [5.74, 6) is 0.0608. The number of hydrogen-bond donors (Lipinski definition) is 3. The predicted molar refractivity (Wildman–Crippen MR) is 77.8 cm³/mol. The smallest absolute Gasteiger partial charge is 0.252 e. The average Bonchev–Trinajstić information content (AvgIpc) is 2.44. The van der Waals surface area contributed by atoms with Gasteiger partial charge in [-0.3, -0.25) is 4.79 Å². The highest BCUT2D eigenvalue weighted by Gasteiger charge is 2.13. The highest BCUT2D eigenvalue weighted by molar-refractivity contribution is 5.97. The Morgan fingerprint density at radius 1 is 1.50 bits per heavy atom. The van der Waals surface area contributed by atoms with E-state index < -0.39 is 5.91 Å². The van der Waals surface area contributed by atoms with Gasteiger partial charge in [0.15, 0.2) is 0 Å². The minimum atomic E-state index is -0.473. The number of pyridine rings is 1. The lowest BCUT2D eigenvalue weighted by atomic mass is 10.1. The maximum atomic E-state index is 11.3. The first-order valence-corrected chi connectivity index (χ1v) is 7.00. The van der Waals surface area contributed by atoms with E-state index in [-0.39, 0.29) is 0 Å². The molecule has 1 aromatic heterocycles. The summed E-state index contributed by atoms with van der Waals surface area (Å²) in [7, 11) is 0. The van der Waals surface area contributed by atoms with Crippen molar-refractivity contribution in [3.63, 3.8) is 0 Å². The van der Waals surface area contributed by atoms with Crippen molar-refractivity contribution in [3.05, 3.63) is 23.4 Å². The van der Waals surface area contributed by atoms with Crippen molar-refractivity contribution < 1.29 is 9.53 Å². The number of piperidine rings is 1. The number of hydrogen-bond acceptors (Lipinski definition) is 5. The Labute approximate surface area is 119 Å². The standard InChI is InChI=1S/C14H22N4O2/c1-10-2-3-12(13(15)19)14(18-10)17-8-9-20-11-4-6-16-7-5-11/h2-3,11,16H,4-9H2,1H3,(H2,15,19)(H,17,18). The van der Waals surface area contributed by atoms with E-state index in [1.165, 1.54) is 0 Å². The fourth-order valence-electron chi connectivity index (χ4n) is 2.25. The molecule has 1 saturated heterocycles. The average molecular weight is 278 g/mol.